The van der Waals surface area contributed by atoms with Gasteiger partial charge < -0.3 is 35.1 Å². The summed E-state index contributed by atoms with van der Waals surface area (Å²) < 4.78 is 17.5. The van der Waals surface area contributed by atoms with Crippen LogP contribution in [0, 0.1) is 0 Å². The molecule has 0 unspecified atom stereocenters. The number of phenols is 1. The van der Waals surface area contributed by atoms with Crippen molar-refractivity contribution < 1.29 is 34.0 Å². The molecule has 2 aromatic rings. The van der Waals surface area contributed by atoms with Crippen LogP contribution in [-0.2, 0) is 9.53 Å². The minimum atomic E-state index is -1.18. The Hall–Kier alpha value is -3.29. The third-order valence-corrected chi connectivity index (χ3v) is 6.22. The Balaban J connectivity index is 1.72. The van der Waals surface area contributed by atoms with E-state index < -0.39 is 24.3 Å². The Morgan fingerprint density at radius 1 is 1.24 bits per heavy atom. The number of ether oxygens (including phenoxy) is 3. The molecule has 13 heteroatoms. The lowest BCUT2D eigenvalue weighted by atomic mass is 9.95. The van der Waals surface area contributed by atoms with Gasteiger partial charge >= 0.3 is 12.0 Å². The van der Waals surface area contributed by atoms with Crippen LogP contribution in [0.15, 0.2) is 55.6 Å². The monoisotopic (exact) mass is 640 g/mol. The van der Waals surface area contributed by atoms with Crippen LogP contribution < -0.4 is 25.5 Å². The van der Waals surface area contributed by atoms with Crippen molar-refractivity contribution in [1.82, 2.24) is 16.1 Å². The van der Waals surface area contributed by atoms with Gasteiger partial charge in [-0.3, -0.25) is 5.43 Å². The number of methoxy groups -OCH3 is 1. The van der Waals surface area contributed by atoms with Crippen molar-refractivity contribution in [3.63, 3.8) is 0 Å². The second kappa shape index (κ2) is 12.8. The molecule has 2 atom stereocenters. The molecule has 0 fully saturated rings. The Labute approximate surface area is 230 Å². The number of aromatic hydroxyl groups is 1. The molecule has 37 heavy (non-hydrogen) atoms. The molecule has 0 spiro atoms. The number of hydrogen-bond donors (Lipinski definition) is 5. The van der Waals surface area contributed by atoms with Gasteiger partial charge in [0.25, 0.3) is 0 Å². The summed E-state index contributed by atoms with van der Waals surface area (Å²) in [5.41, 5.74) is 4.18. The second-order valence-corrected chi connectivity index (χ2v) is 9.51. The molecule has 0 aliphatic carbocycles. The smallest absolute Gasteiger partial charge is 0.337 e. The number of amides is 2. The van der Waals surface area contributed by atoms with Crippen molar-refractivity contribution in [3.8, 4) is 17.2 Å². The number of allylic oxidation sites excluding steroid dienone is 1. The molecule has 0 saturated heterocycles. The lowest BCUT2D eigenvalue weighted by Gasteiger charge is -2.28. The predicted molar refractivity (Wildman–Crippen MR) is 142 cm³/mol. The number of halogens is 2. The number of urea groups is 1. The first-order valence-corrected chi connectivity index (χ1v) is 12.6. The van der Waals surface area contributed by atoms with E-state index in [0.717, 1.165) is 4.47 Å². The first-order valence-electron chi connectivity index (χ1n) is 11.0. The van der Waals surface area contributed by atoms with E-state index in [1.165, 1.54) is 13.3 Å². The van der Waals surface area contributed by atoms with Gasteiger partial charge in [-0.15, -0.1) is 0 Å². The summed E-state index contributed by atoms with van der Waals surface area (Å²) in [7, 11) is 1.27. The Kier molecular flexibility index (Phi) is 9.78. The third kappa shape index (κ3) is 7.14. The highest BCUT2D eigenvalue weighted by atomic mass is 79.9. The van der Waals surface area contributed by atoms with E-state index >= 15 is 0 Å². The van der Waals surface area contributed by atoms with E-state index in [1.54, 1.807) is 44.2 Å². The van der Waals surface area contributed by atoms with E-state index in [1.807, 2.05) is 0 Å². The summed E-state index contributed by atoms with van der Waals surface area (Å²) >= 11 is 6.58. The fraction of sp³-hybridized carbons (Fsp3) is 0.292. The molecule has 2 amide bonds. The van der Waals surface area contributed by atoms with Gasteiger partial charge in [-0.25, -0.2) is 9.59 Å². The number of nitrogens with zero attached hydrogens (tertiary/aromatic N) is 1. The fourth-order valence-electron chi connectivity index (χ4n) is 3.50. The zero-order valence-electron chi connectivity index (χ0n) is 20.2. The van der Waals surface area contributed by atoms with Crippen molar-refractivity contribution in [3.05, 3.63) is 61.7 Å². The molecule has 0 aromatic heterocycles. The van der Waals surface area contributed by atoms with Gasteiger partial charge in [-0.2, -0.15) is 5.10 Å². The van der Waals surface area contributed by atoms with E-state index in [-0.39, 0.29) is 17.9 Å². The summed E-state index contributed by atoms with van der Waals surface area (Å²) in [4.78, 5) is 24.4. The van der Waals surface area contributed by atoms with Crippen LogP contribution in [0.1, 0.15) is 31.0 Å². The van der Waals surface area contributed by atoms with Gasteiger partial charge in [0.1, 0.15) is 12.4 Å². The first kappa shape index (κ1) is 28.3. The van der Waals surface area contributed by atoms with Crippen LogP contribution in [0.3, 0.4) is 0 Å². The number of carbonyl (C=O) groups excluding carboxylic acids is 2. The average molecular weight is 642 g/mol. The normalized spacial score (nSPS) is 16.2. The van der Waals surface area contributed by atoms with Crippen molar-refractivity contribution >= 4 is 50.1 Å². The van der Waals surface area contributed by atoms with Crippen LogP contribution in [0.5, 0.6) is 17.2 Å². The lowest BCUT2D eigenvalue weighted by molar-refractivity contribution is -0.136. The molecule has 1 heterocycles. The van der Waals surface area contributed by atoms with Crippen molar-refractivity contribution in [1.29, 1.82) is 0 Å². The summed E-state index contributed by atoms with van der Waals surface area (Å²) in [6.45, 7) is 3.56. The molecule has 5 N–H and O–H groups in total. The number of benzene rings is 2. The Morgan fingerprint density at radius 2 is 2.00 bits per heavy atom. The highest BCUT2D eigenvalue weighted by molar-refractivity contribution is 9.11. The maximum atomic E-state index is 12.4. The molecule has 0 bridgehead atoms. The topological polar surface area (TPSA) is 151 Å². The number of phenolic OH excluding ortho intramolecular Hbond substituents is 1. The minimum Gasteiger partial charge on any atom is -0.506 e. The van der Waals surface area contributed by atoms with Gasteiger partial charge in [0.2, 0.25) is 0 Å². The van der Waals surface area contributed by atoms with E-state index in [2.05, 4.69) is 53.0 Å². The third-order valence-electron chi connectivity index (χ3n) is 5.16. The molecule has 3 rings (SSSR count). The van der Waals surface area contributed by atoms with Gasteiger partial charge in [-0.05, 0) is 59.6 Å². The Bertz CT molecular complexity index is 1240. The number of aliphatic hydroxyl groups is 1. The number of aliphatic hydroxyl groups excluding tert-OH is 1. The molecule has 0 saturated carbocycles. The summed E-state index contributed by atoms with van der Waals surface area (Å²) in [6, 6.07) is 7.09. The molecule has 1 aliphatic heterocycles. The van der Waals surface area contributed by atoms with Crippen molar-refractivity contribution in [2.45, 2.75) is 26.1 Å². The highest BCUT2D eigenvalue weighted by Gasteiger charge is 2.32. The van der Waals surface area contributed by atoms with E-state index in [4.69, 9.17) is 14.2 Å². The average Bonchev–Trinajstić information content (AvgIpc) is 2.85. The molecule has 2 aromatic carbocycles. The SMILES string of the molecule is CCOc1cc([C@H]2NC(=O)NC(C)=C2C(=O)OC)ccc1OC[C@@H](O)N/N=C\c1cc(Br)cc(Br)c1O. The number of rotatable bonds is 10. The van der Waals surface area contributed by atoms with Crippen LogP contribution in [0.4, 0.5) is 4.79 Å². The minimum absolute atomic E-state index is 0.00580. The maximum absolute atomic E-state index is 12.4. The molecular weight excluding hydrogens is 616 g/mol. The van der Waals surface area contributed by atoms with E-state index in [9.17, 15) is 19.8 Å². The van der Waals surface area contributed by atoms with Crippen molar-refractivity contribution in [2.75, 3.05) is 20.3 Å². The molecule has 0 radical (unpaired) electrons. The lowest BCUT2D eigenvalue weighted by Crippen LogP contribution is -2.45. The molecule has 1 aliphatic rings. The van der Waals surface area contributed by atoms with E-state index in [0.29, 0.717) is 39.4 Å². The number of esters is 1. The van der Waals surface area contributed by atoms with Gasteiger partial charge in [0.15, 0.2) is 17.7 Å². The first-order chi connectivity index (χ1) is 17.6. The number of hydrazone groups is 1. The molecule has 11 nitrogen and oxygen atoms in total. The highest BCUT2D eigenvalue weighted by Crippen LogP contribution is 2.35. The zero-order chi connectivity index (χ0) is 27.1. The number of hydrogen-bond acceptors (Lipinski definition) is 9. The zero-order valence-corrected chi connectivity index (χ0v) is 23.3. The second-order valence-electron chi connectivity index (χ2n) is 7.74. The van der Waals surface area contributed by atoms with Crippen LogP contribution >= 0.6 is 31.9 Å². The molecular formula is C24H26Br2N4O7. The summed E-state index contributed by atoms with van der Waals surface area (Å²) in [5, 5.41) is 29.6. The fourth-order valence-corrected chi connectivity index (χ4v) is 4.76. The van der Waals surface area contributed by atoms with Gasteiger partial charge in [0, 0.05) is 15.7 Å². The maximum Gasteiger partial charge on any atom is 0.337 e. The van der Waals surface area contributed by atoms with Crippen LogP contribution in [0.2, 0.25) is 0 Å². The van der Waals surface area contributed by atoms with Crippen molar-refractivity contribution in [2.24, 2.45) is 5.10 Å². The quantitative estimate of drug-likeness (QED) is 0.115. The van der Waals surface area contributed by atoms with Gasteiger partial charge in [0.05, 0.1) is 36.0 Å². The van der Waals surface area contributed by atoms with Crippen LogP contribution in [-0.4, -0.2) is 55.0 Å². The number of nitrogens with one attached hydrogen (secondary N) is 3. The van der Waals surface area contributed by atoms with Gasteiger partial charge in [-0.1, -0.05) is 22.0 Å². The standard InChI is InChI=1S/C24H26Br2N4O7/c1-4-36-18-8-13(21-20(23(33)35-3)12(2)28-24(34)29-21)5-6-17(18)37-11-19(31)30-27-10-14-7-15(25)9-16(26)22(14)32/h5-10,19,21,30-32H,4,11H2,1-3H3,(H2,28,29,34)/b27-10-/t19-,21-/m1/s1. The Morgan fingerprint density at radius 3 is 2.70 bits per heavy atom. The summed E-state index contributed by atoms with van der Waals surface area (Å²) in [5.74, 6) is 0.122. The molecule has 198 valence electrons. The van der Waals surface area contributed by atoms with Crippen LogP contribution in [0.25, 0.3) is 0 Å². The largest absolute Gasteiger partial charge is 0.506 e. The number of carbonyl (C=O) groups is 2. The predicted octanol–water partition coefficient (Wildman–Crippen LogP) is 3.44. The summed E-state index contributed by atoms with van der Waals surface area (Å²) in [6.07, 6.45) is 0.180.